The fraction of sp³-hybridized carbons (Fsp3) is 0.478. The van der Waals surface area contributed by atoms with Gasteiger partial charge in [0.25, 0.3) is 0 Å². The molecule has 0 aliphatic heterocycles. The summed E-state index contributed by atoms with van der Waals surface area (Å²) in [5.41, 5.74) is 0.898. The van der Waals surface area contributed by atoms with Gasteiger partial charge in [-0.3, -0.25) is 0 Å². The number of aliphatic imine (C=N–C) groups is 1. The maximum atomic E-state index is 6.09. The minimum Gasteiger partial charge on any atom is -0.490 e. The molecule has 0 saturated heterocycles. The lowest BCUT2D eigenvalue weighted by atomic mass is 10.2. The Hall–Kier alpha value is -2.07. The van der Waals surface area contributed by atoms with Crippen LogP contribution in [0, 0.1) is 0 Å². The van der Waals surface area contributed by atoms with E-state index in [2.05, 4.69) is 27.5 Å². The van der Waals surface area contributed by atoms with Crippen LogP contribution in [0.15, 0.2) is 47.6 Å². The molecule has 0 atom stereocenters. The van der Waals surface area contributed by atoms with E-state index in [0.717, 1.165) is 50.7 Å². The summed E-state index contributed by atoms with van der Waals surface area (Å²) in [5.74, 6) is 2.65. The molecule has 0 radical (unpaired) electrons. The number of para-hydroxylation sites is 2. The van der Waals surface area contributed by atoms with Gasteiger partial charge in [-0.05, 0) is 44.9 Å². The third-order valence-corrected chi connectivity index (χ3v) is 4.08. The number of nitrogens with zero attached hydrogens (tertiary/aromatic N) is 2. The Balaban J connectivity index is 0.00000480. The van der Waals surface area contributed by atoms with Crippen LogP contribution in [0.2, 0.25) is 0 Å². The molecule has 0 bridgehead atoms. The van der Waals surface area contributed by atoms with Crippen molar-refractivity contribution in [1.82, 2.24) is 15.6 Å². The minimum atomic E-state index is 0. The summed E-state index contributed by atoms with van der Waals surface area (Å²) in [5, 5.41) is 6.59. The standard InChI is InChI=1S/C23H34N4O3.HI/c1-4-16-29-20-12-7-8-13-21(20)30-22-19(11-9-14-25-22)18-27-23(24-5-2)26-15-10-17-28-6-3;/h7-9,11-14H,4-6,10,15-18H2,1-3H3,(H2,24,26,27);1H. The topological polar surface area (TPSA) is 77.0 Å². The van der Waals surface area contributed by atoms with Crippen LogP contribution in [0.3, 0.4) is 0 Å². The van der Waals surface area contributed by atoms with E-state index >= 15 is 0 Å². The molecule has 2 N–H and O–H groups in total. The first-order valence-electron chi connectivity index (χ1n) is 10.7. The van der Waals surface area contributed by atoms with Crippen molar-refractivity contribution in [3.63, 3.8) is 0 Å². The molecule has 31 heavy (non-hydrogen) atoms. The van der Waals surface area contributed by atoms with Crippen molar-refractivity contribution < 1.29 is 14.2 Å². The van der Waals surface area contributed by atoms with Crippen molar-refractivity contribution in [2.45, 2.75) is 40.2 Å². The Kier molecular flexibility index (Phi) is 14.4. The minimum absolute atomic E-state index is 0. The van der Waals surface area contributed by atoms with E-state index in [-0.39, 0.29) is 24.0 Å². The van der Waals surface area contributed by atoms with Crippen LogP contribution < -0.4 is 20.1 Å². The summed E-state index contributed by atoms with van der Waals surface area (Å²) in [4.78, 5) is 9.09. The van der Waals surface area contributed by atoms with Crippen LogP contribution in [-0.2, 0) is 11.3 Å². The molecule has 1 aromatic heterocycles. The average Bonchev–Trinajstić information content (AvgIpc) is 2.77. The first kappa shape index (κ1) is 27.0. The van der Waals surface area contributed by atoms with Crippen molar-refractivity contribution in [2.24, 2.45) is 4.99 Å². The number of nitrogens with one attached hydrogen (secondary N) is 2. The number of hydrogen-bond donors (Lipinski definition) is 2. The zero-order chi connectivity index (χ0) is 21.4. The van der Waals surface area contributed by atoms with Gasteiger partial charge in [0.05, 0.1) is 13.2 Å². The molecule has 2 rings (SSSR count). The van der Waals surface area contributed by atoms with Gasteiger partial charge in [-0.15, -0.1) is 24.0 Å². The third-order valence-electron chi connectivity index (χ3n) is 4.08. The molecule has 172 valence electrons. The molecule has 0 fully saturated rings. The predicted molar refractivity (Wildman–Crippen MR) is 136 cm³/mol. The fourth-order valence-electron chi connectivity index (χ4n) is 2.64. The van der Waals surface area contributed by atoms with Gasteiger partial charge in [-0.25, -0.2) is 9.98 Å². The maximum Gasteiger partial charge on any atom is 0.224 e. The van der Waals surface area contributed by atoms with Crippen LogP contribution in [0.1, 0.15) is 39.2 Å². The smallest absolute Gasteiger partial charge is 0.224 e. The van der Waals surface area contributed by atoms with Crippen molar-refractivity contribution in [3.05, 3.63) is 48.2 Å². The summed E-state index contributed by atoms with van der Waals surface area (Å²) in [6, 6.07) is 11.5. The number of benzene rings is 1. The van der Waals surface area contributed by atoms with Crippen molar-refractivity contribution in [3.8, 4) is 17.4 Å². The van der Waals surface area contributed by atoms with Crippen LogP contribution >= 0.6 is 24.0 Å². The largest absolute Gasteiger partial charge is 0.490 e. The van der Waals surface area contributed by atoms with Crippen molar-refractivity contribution in [2.75, 3.05) is 32.9 Å². The van der Waals surface area contributed by atoms with Crippen molar-refractivity contribution >= 4 is 29.9 Å². The number of aromatic nitrogens is 1. The highest BCUT2D eigenvalue weighted by Gasteiger charge is 2.10. The molecular weight excluding hydrogens is 507 g/mol. The summed E-state index contributed by atoms with van der Waals surface area (Å²) >= 11 is 0. The molecule has 1 aromatic carbocycles. The zero-order valence-electron chi connectivity index (χ0n) is 18.7. The summed E-state index contributed by atoms with van der Waals surface area (Å²) in [6.07, 6.45) is 3.58. The molecular formula is C23H35IN4O3. The monoisotopic (exact) mass is 542 g/mol. The maximum absolute atomic E-state index is 6.09. The molecule has 8 heteroatoms. The van der Waals surface area contributed by atoms with E-state index < -0.39 is 0 Å². The number of ether oxygens (including phenoxy) is 3. The van der Waals surface area contributed by atoms with Gasteiger partial charge in [0.2, 0.25) is 5.88 Å². The van der Waals surface area contributed by atoms with E-state index in [4.69, 9.17) is 14.2 Å². The lowest BCUT2D eigenvalue weighted by Crippen LogP contribution is -2.38. The average molecular weight is 542 g/mol. The first-order valence-corrected chi connectivity index (χ1v) is 10.7. The van der Waals surface area contributed by atoms with E-state index in [1.165, 1.54) is 0 Å². The van der Waals surface area contributed by atoms with Gasteiger partial charge < -0.3 is 24.8 Å². The van der Waals surface area contributed by atoms with Crippen LogP contribution in [0.25, 0.3) is 0 Å². The Bertz CT molecular complexity index is 774. The SMILES string of the molecule is CCCOc1ccccc1Oc1ncccc1CN=C(NCC)NCCCOCC.I. The summed E-state index contributed by atoms with van der Waals surface area (Å²) in [7, 11) is 0. The van der Waals surface area contributed by atoms with Gasteiger partial charge in [-0.2, -0.15) is 0 Å². The van der Waals surface area contributed by atoms with E-state index in [1.807, 2.05) is 50.2 Å². The highest BCUT2D eigenvalue weighted by molar-refractivity contribution is 14.0. The normalized spacial score (nSPS) is 10.9. The van der Waals surface area contributed by atoms with Gasteiger partial charge >= 0.3 is 0 Å². The second kappa shape index (κ2) is 16.6. The molecule has 0 spiro atoms. The number of halogens is 1. The molecule has 7 nitrogen and oxygen atoms in total. The predicted octanol–water partition coefficient (Wildman–Crippen LogP) is 4.76. The van der Waals surface area contributed by atoms with Gasteiger partial charge in [0, 0.05) is 38.1 Å². The molecule has 0 aliphatic rings. The van der Waals surface area contributed by atoms with E-state index in [0.29, 0.717) is 30.5 Å². The second-order valence-corrected chi connectivity index (χ2v) is 6.54. The molecule has 0 aliphatic carbocycles. The van der Waals surface area contributed by atoms with Gasteiger partial charge in [0.1, 0.15) is 0 Å². The lowest BCUT2D eigenvalue weighted by molar-refractivity contribution is 0.145. The fourth-order valence-corrected chi connectivity index (χ4v) is 2.64. The molecule has 0 saturated carbocycles. The highest BCUT2D eigenvalue weighted by Crippen LogP contribution is 2.32. The Morgan fingerprint density at radius 1 is 1.00 bits per heavy atom. The number of pyridine rings is 1. The quantitative estimate of drug-likeness (QED) is 0.165. The molecule has 0 unspecified atom stereocenters. The Labute approximate surface area is 203 Å². The number of hydrogen-bond acceptors (Lipinski definition) is 5. The molecule has 0 amide bonds. The van der Waals surface area contributed by atoms with Gasteiger partial charge in [0.15, 0.2) is 17.5 Å². The Morgan fingerprint density at radius 3 is 2.55 bits per heavy atom. The van der Waals surface area contributed by atoms with Gasteiger partial charge in [-0.1, -0.05) is 25.1 Å². The number of rotatable bonds is 13. The van der Waals surface area contributed by atoms with Crippen LogP contribution in [0.4, 0.5) is 0 Å². The zero-order valence-corrected chi connectivity index (χ0v) is 21.1. The van der Waals surface area contributed by atoms with Crippen LogP contribution in [-0.4, -0.2) is 43.9 Å². The van der Waals surface area contributed by atoms with Crippen LogP contribution in [0.5, 0.6) is 17.4 Å². The Morgan fingerprint density at radius 2 is 1.81 bits per heavy atom. The van der Waals surface area contributed by atoms with Crippen molar-refractivity contribution in [1.29, 1.82) is 0 Å². The summed E-state index contributed by atoms with van der Waals surface area (Å²) in [6.45, 7) is 10.3. The third kappa shape index (κ3) is 10.2. The highest BCUT2D eigenvalue weighted by atomic mass is 127. The van der Waals surface area contributed by atoms with E-state index in [1.54, 1.807) is 6.20 Å². The lowest BCUT2D eigenvalue weighted by Gasteiger charge is -2.14. The molecule has 1 heterocycles. The van der Waals surface area contributed by atoms with E-state index in [9.17, 15) is 0 Å². The number of guanidine groups is 1. The second-order valence-electron chi connectivity index (χ2n) is 6.54. The molecule has 2 aromatic rings. The first-order chi connectivity index (χ1) is 14.8. The summed E-state index contributed by atoms with van der Waals surface area (Å²) < 4.78 is 17.3.